The Labute approximate surface area is 107 Å². The molecule has 0 spiro atoms. The normalized spacial score (nSPS) is 12.1. The summed E-state index contributed by atoms with van der Waals surface area (Å²) >= 11 is 0. The highest BCUT2D eigenvalue weighted by Crippen LogP contribution is 2.29. The largest absolute Gasteiger partial charge is 0.490 e. The molecule has 0 saturated carbocycles. The monoisotopic (exact) mass is 244 g/mol. The summed E-state index contributed by atoms with van der Waals surface area (Å²) in [5, 5.41) is 9.49. The topological polar surface area (TPSA) is 57.1 Å². The van der Waals surface area contributed by atoms with E-state index in [0.29, 0.717) is 6.54 Å². The van der Waals surface area contributed by atoms with Gasteiger partial charge in [0, 0.05) is 5.56 Å². The van der Waals surface area contributed by atoms with Gasteiger partial charge in [0.15, 0.2) is 0 Å². The molecule has 18 heavy (non-hydrogen) atoms. The number of hydrogen-bond donors (Lipinski definition) is 2. The molecule has 0 bridgehead atoms. The van der Waals surface area contributed by atoms with E-state index in [0.717, 1.165) is 16.9 Å². The highest BCUT2D eigenvalue weighted by Gasteiger charge is 2.08. The number of ether oxygens (including phenoxy) is 1. The van der Waals surface area contributed by atoms with Crippen LogP contribution < -0.4 is 10.5 Å². The van der Waals surface area contributed by atoms with Gasteiger partial charge in [-0.25, -0.2) is 0 Å². The van der Waals surface area contributed by atoms with Crippen LogP contribution in [-0.2, 0) is 0 Å². The number of para-hydroxylation sites is 1. The van der Waals surface area contributed by atoms with Crippen LogP contribution in [0.3, 0.4) is 0 Å². The maximum Gasteiger partial charge on any atom is 0.136 e. The van der Waals surface area contributed by atoms with E-state index in [9.17, 15) is 5.11 Å². The second kappa shape index (κ2) is 6.19. The van der Waals surface area contributed by atoms with Gasteiger partial charge < -0.3 is 15.6 Å². The molecule has 1 atom stereocenters. The molecule has 0 aliphatic heterocycles. The summed E-state index contributed by atoms with van der Waals surface area (Å²) < 4.78 is 5.65. The minimum absolute atomic E-state index is 0.271. The lowest BCUT2D eigenvalue weighted by molar-refractivity contribution is -0.384. The number of benzene rings is 2. The summed E-state index contributed by atoms with van der Waals surface area (Å²) in [5.74, 6) is 0.788. The molecule has 3 nitrogen and oxygen atoms in total. The van der Waals surface area contributed by atoms with Crippen LogP contribution in [0.25, 0.3) is 11.1 Å². The van der Waals surface area contributed by atoms with Crippen LogP contribution in [0.5, 0.6) is 5.75 Å². The maximum absolute atomic E-state index is 9.49. The van der Waals surface area contributed by atoms with Crippen molar-refractivity contribution in [3.05, 3.63) is 54.6 Å². The Morgan fingerprint density at radius 3 is 2.39 bits per heavy atom. The SMILES string of the molecule is [NH3+]C[C@H](O)COc1ccccc1-c1ccccc1. The van der Waals surface area contributed by atoms with Crippen molar-refractivity contribution in [1.82, 2.24) is 0 Å². The molecule has 0 unspecified atom stereocenters. The summed E-state index contributed by atoms with van der Waals surface area (Å²) in [5.41, 5.74) is 5.79. The van der Waals surface area contributed by atoms with Crippen molar-refractivity contribution in [3.63, 3.8) is 0 Å². The molecule has 0 heterocycles. The first-order valence-electron chi connectivity index (χ1n) is 6.06. The Bertz CT molecular complexity index is 485. The zero-order valence-corrected chi connectivity index (χ0v) is 10.3. The van der Waals surface area contributed by atoms with Gasteiger partial charge in [-0.2, -0.15) is 0 Å². The predicted octanol–water partition coefficient (Wildman–Crippen LogP) is 1.34. The second-order valence-corrected chi connectivity index (χ2v) is 4.12. The van der Waals surface area contributed by atoms with Crippen LogP contribution in [0.2, 0.25) is 0 Å². The summed E-state index contributed by atoms with van der Waals surface area (Å²) in [6.07, 6.45) is -0.520. The second-order valence-electron chi connectivity index (χ2n) is 4.12. The van der Waals surface area contributed by atoms with Gasteiger partial charge in [0.2, 0.25) is 0 Å². The minimum atomic E-state index is -0.520. The average Bonchev–Trinajstić information content (AvgIpc) is 2.46. The first kappa shape index (κ1) is 12.6. The molecule has 2 aromatic carbocycles. The molecule has 0 aliphatic carbocycles. The Kier molecular flexibility index (Phi) is 4.34. The lowest BCUT2D eigenvalue weighted by Crippen LogP contribution is -2.56. The average molecular weight is 244 g/mol. The van der Waals surface area contributed by atoms with Crippen LogP contribution in [0.1, 0.15) is 0 Å². The third-order valence-corrected chi connectivity index (χ3v) is 2.74. The standard InChI is InChI=1S/C15H17NO2/c16-10-13(17)11-18-15-9-5-4-8-14(15)12-6-2-1-3-7-12/h1-9,13,17H,10-11,16H2/p+1/t13-/m0/s1. The highest BCUT2D eigenvalue weighted by atomic mass is 16.5. The van der Waals surface area contributed by atoms with Crippen LogP contribution in [0.4, 0.5) is 0 Å². The molecule has 0 fully saturated rings. The van der Waals surface area contributed by atoms with Gasteiger partial charge in [-0.3, -0.25) is 0 Å². The highest BCUT2D eigenvalue weighted by molar-refractivity contribution is 5.70. The summed E-state index contributed by atoms with van der Waals surface area (Å²) in [7, 11) is 0. The molecule has 4 N–H and O–H groups in total. The lowest BCUT2D eigenvalue weighted by atomic mass is 10.1. The summed E-state index contributed by atoms with van der Waals surface area (Å²) in [6, 6.07) is 17.9. The molecule has 0 radical (unpaired) electrons. The zero-order valence-electron chi connectivity index (χ0n) is 10.3. The van der Waals surface area contributed by atoms with Crippen molar-refractivity contribution in [2.45, 2.75) is 6.10 Å². The maximum atomic E-state index is 9.49. The molecule has 0 amide bonds. The first-order chi connectivity index (χ1) is 8.81. The number of rotatable bonds is 5. The van der Waals surface area contributed by atoms with Gasteiger partial charge in [0.25, 0.3) is 0 Å². The lowest BCUT2D eigenvalue weighted by Gasteiger charge is -2.13. The van der Waals surface area contributed by atoms with Gasteiger partial charge in [-0.1, -0.05) is 48.5 Å². The van der Waals surface area contributed by atoms with Crippen molar-refractivity contribution < 1.29 is 15.6 Å². The van der Waals surface area contributed by atoms with Crippen molar-refractivity contribution in [1.29, 1.82) is 0 Å². The van der Waals surface area contributed by atoms with E-state index in [1.54, 1.807) is 0 Å². The van der Waals surface area contributed by atoms with E-state index in [4.69, 9.17) is 4.74 Å². The van der Waals surface area contributed by atoms with Crippen molar-refractivity contribution in [3.8, 4) is 16.9 Å². The number of hydrogen-bond acceptors (Lipinski definition) is 2. The van der Waals surface area contributed by atoms with Gasteiger partial charge in [0.05, 0.1) is 0 Å². The fraction of sp³-hybridized carbons (Fsp3) is 0.200. The predicted molar refractivity (Wildman–Crippen MR) is 71.1 cm³/mol. The molecular weight excluding hydrogens is 226 g/mol. The molecule has 2 rings (SSSR count). The third kappa shape index (κ3) is 3.09. The Morgan fingerprint density at radius 1 is 1.00 bits per heavy atom. The van der Waals surface area contributed by atoms with Crippen molar-refractivity contribution >= 4 is 0 Å². The molecule has 2 aromatic rings. The summed E-state index contributed by atoms with van der Waals surface area (Å²) in [6.45, 7) is 0.723. The van der Waals surface area contributed by atoms with Gasteiger partial charge >= 0.3 is 0 Å². The quantitative estimate of drug-likeness (QED) is 0.833. The zero-order chi connectivity index (χ0) is 12.8. The smallest absolute Gasteiger partial charge is 0.136 e. The van der Waals surface area contributed by atoms with E-state index >= 15 is 0 Å². The number of quaternary nitrogens is 1. The van der Waals surface area contributed by atoms with Crippen molar-refractivity contribution in [2.75, 3.05) is 13.2 Å². The number of aliphatic hydroxyl groups excluding tert-OH is 1. The Balaban J connectivity index is 2.21. The minimum Gasteiger partial charge on any atom is -0.490 e. The van der Waals surface area contributed by atoms with Crippen LogP contribution >= 0.6 is 0 Å². The molecule has 3 heteroatoms. The third-order valence-electron chi connectivity index (χ3n) is 2.74. The fourth-order valence-corrected chi connectivity index (χ4v) is 1.72. The van der Waals surface area contributed by atoms with E-state index in [1.165, 1.54) is 0 Å². The summed E-state index contributed by atoms with van der Waals surface area (Å²) in [4.78, 5) is 0. The fourth-order valence-electron chi connectivity index (χ4n) is 1.72. The van der Waals surface area contributed by atoms with Gasteiger partial charge in [-0.15, -0.1) is 0 Å². The van der Waals surface area contributed by atoms with Crippen LogP contribution in [-0.4, -0.2) is 24.4 Å². The van der Waals surface area contributed by atoms with E-state index in [-0.39, 0.29) is 6.61 Å². The first-order valence-corrected chi connectivity index (χ1v) is 6.06. The molecule has 0 aliphatic rings. The molecule has 94 valence electrons. The van der Waals surface area contributed by atoms with Crippen molar-refractivity contribution in [2.24, 2.45) is 0 Å². The van der Waals surface area contributed by atoms with Gasteiger partial charge in [-0.05, 0) is 11.6 Å². The van der Waals surface area contributed by atoms with Crippen LogP contribution in [0.15, 0.2) is 54.6 Å². The van der Waals surface area contributed by atoms with E-state index in [1.807, 2.05) is 54.6 Å². The van der Waals surface area contributed by atoms with E-state index < -0.39 is 6.10 Å². The van der Waals surface area contributed by atoms with E-state index in [2.05, 4.69) is 5.73 Å². The van der Waals surface area contributed by atoms with Crippen LogP contribution in [0, 0.1) is 0 Å². The Morgan fingerprint density at radius 2 is 1.67 bits per heavy atom. The molecule has 0 aromatic heterocycles. The van der Waals surface area contributed by atoms with Gasteiger partial charge in [0.1, 0.15) is 25.0 Å². The number of aliphatic hydroxyl groups is 1. The Hall–Kier alpha value is -1.84. The molecule has 0 saturated heterocycles. The molecular formula is C15H18NO2+.